The second-order valence-corrected chi connectivity index (χ2v) is 6.83. The zero-order valence-electron chi connectivity index (χ0n) is 14.3. The molecule has 2 aromatic carbocycles. The molecular formula is C20H21ClN2O3. The number of carboxylic acids is 1. The normalized spacial score (nSPS) is 18.1. The summed E-state index contributed by atoms with van der Waals surface area (Å²) in [5.41, 5.74) is 1.93. The molecule has 6 heteroatoms. The highest BCUT2D eigenvalue weighted by atomic mass is 35.5. The Bertz CT molecular complexity index is 782. The van der Waals surface area contributed by atoms with Crippen LogP contribution in [-0.4, -0.2) is 45.9 Å². The van der Waals surface area contributed by atoms with Crippen molar-refractivity contribution in [3.05, 3.63) is 70.7 Å². The van der Waals surface area contributed by atoms with E-state index in [1.807, 2.05) is 53.4 Å². The van der Waals surface area contributed by atoms with Gasteiger partial charge in [-0.1, -0.05) is 60.1 Å². The van der Waals surface area contributed by atoms with Crippen LogP contribution >= 0.6 is 11.6 Å². The maximum atomic E-state index is 13.0. The van der Waals surface area contributed by atoms with E-state index in [9.17, 15) is 14.7 Å². The Balaban J connectivity index is 1.76. The first kappa shape index (κ1) is 18.4. The summed E-state index contributed by atoms with van der Waals surface area (Å²) in [5.74, 6) is -1.13. The van der Waals surface area contributed by atoms with Crippen LogP contribution in [0.1, 0.15) is 17.5 Å². The van der Waals surface area contributed by atoms with E-state index in [0.717, 1.165) is 11.1 Å². The maximum Gasteiger partial charge on any atom is 0.305 e. The van der Waals surface area contributed by atoms with Crippen molar-refractivity contribution < 1.29 is 14.7 Å². The van der Waals surface area contributed by atoms with Crippen molar-refractivity contribution >= 4 is 23.5 Å². The number of hydrogen-bond donors (Lipinski definition) is 1. The van der Waals surface area contributed by atoms with Gasteiger partial charge in [-0.05, 0) is 17.2 Å². The molecule has 26 heavy (non-hydrogen) atoms. The summed E-state index contributed by atoms with van der Waals surface area (Å²) in [6.07, 6.45) is -0.204. The lowest BCUT2D eigenvalue weighted by Gasteiger charge is -2.40. The molecule has 2 aromatic rings. The van der Waals surface area contributed by atoms with Crippen LogP contribution in [0.15, 0.2) is 54.6 Å². The second-order valence-electron chi connectivity index (χ2n) is 6.42. The quantitative estimate of drug-likeness (QED) is 0.846. The third kappa shape index (κ3) is 4.42. The van der Waals surface area contributed by atoms with Crippen molar-refractivity contribution in [2.24, 2.45) is 0 Å². The summed E-state index contributed by atoms with van der Waals surface area (Å²) in [6.45, 7) is 2.13. The molecule has 0 saturated carbocycles. The van der Waals surface area contributed by atoms with E-state index in [1.54, 1.807) is 11.0 Å². The first-order valence-electron chi connectivity index (χ1n) is 8.56. The van der Waals surface area contributed by atoms with E-state index >= 15 is 0 Å². The van der Waals surface area contributed by atoms with Crippen molar-refractivity contribution in [2.45, 2.75) is 25.6 Å². The van der Waals surface area contributed by atoms with Crippen molar-refractivity contribution in [3.63, 3.8) is 0 Å². The minimum atomic E-state index is -0.971. The van der Waals surface area contributed by atoms with E-state index in [-0.39, 0.29) is 12.3 Å². The summed E-state index contributed by atoms with van der Waals surface area (Å²) >= 11 is 6.21. The Kier molecular flexibility index (Phi) is 5.91. The van der Waals surface area contributed by atoms with Gasteiger partial charge >= 0.3 is 5.97 Å². The van der Waals surface area contributed by atoms with Crippen LogP contribution in [0.4, 0.5) is 0 Å². The fourth-order valence-electron chi connectivity index (χ4n) is 3.26. The molecule has 1 unspecified atom stereocenters. The molecular weight excluding hydrogens is 352 g/mol. The van der Waals surface area contributed by atoms with Crippen molar-refractivity contribution in [2.75, 3.05) is 13.1 Å². The van der Waals surface area contributed by atoms with E-state index in [1.165, 1.54) is 0 Å². The van der Waals surface area contributed by atoms with Crippen LogP contribution in [0.3, 0.4) is 0 Å². The summed E-state index contributed by atoms with van der Waals surface area (Å²) in [7, 11) is 0. The number of halogens is 1. The summed E-state index contributed by atoms with van der Waals surface area (Å²) in [4.78, 5) is 27.9. The van der Waals surface area contributed by atoms with Gasteiger partial charge in [0.25, 0.3) is 0 Å². The average molecular weight is 373 g/mol. The first-order valence-corrected chi connectivity index (χ1v) is 8.94. The van der Waals surface area contributed by atoms with Crippen LogP contribution in [-0.2, 0) is 22.7 Å². The number of carbonyl (C=O) groups excluding carboxylic acids is 1. The molecule has 0 aliphatic carbocycles. The van der Waals surface area contributed by atoms with Gasteiger partial charge in [-0.2, -0.15) is 0 Å². The molecule has 136 valence electrons. The van der Waals surface area contributed by atoms with Crippen LogP contribution in [0.2, 0.25) is 5.02 Å². The number of carboxylic acid groups (broad SMARTS) is 1. The zero-order chi connectivity index (χ0) is 18.5. The number of carbonyl (C=O) groups is 2. The fraction of sp³-hybridized carbons (Fsp3) is 0.300. The molecule has 0 radical (unpaired) electrons. The predicted octanol–water partition coefficient (Wildman–Crippen LogP) is 3.03. The molecule has 1 amide bonds. The lowest BCUT2D eigenvalue weighted by Crippen LogP contribution is -2.56. The number of amides is 1. The summed E-state index contributed by atoms with van der Waals surface area (Å²) in [6, 6.07) is 16.5. The SMILES string of the molecule is O=C(O)CC1C(=O)N(Cc2ccccc2Cl)CCN1Cc1ccccc1. The molecule has 0 spiro atoms. The third-order valence-electron chi connectivity index (χ3n) is 4.61. The molecule has 0 bridgehead atoms. The highest BCUT2D eigenvalue weighted by molar-refractivity contribution is 6.31. The van der Waals surface area contributed by atoms with Crippen molar-refractivity contribution in [1.82, 2.24) is 9.80 Å². The van der Waals surface area contributed by atoms with Gasteiger partial charge < -0.3 is 10.0 Å². The van der Waals surface area contributed by atoms with Crippen molar-refractivity contribution in [1.29, 1.82) is 0 Å². The number of piperazine rings is 1. The van der Waals surface area contributed by atoms with Gasteiger partial charge in [0.1, 0.15) is 6.04 Å². The Morgan fingerprint density at radius 2 is 1.73 bits per heavy atom. The number of rotatable bonds is 6. The van der Waals surface area contributed by atoms with Gasteiger partial charge in [-0.3, -0.25) is 14.5 Å². The van der Waals surface area contributed by atoms with Crippen LogP contribution in [0.25, 0.3) is 0 Å². The van der Waals surface area contributed by atoms with Crippen LogP contribution in [0, 0.1) is 0 Å². The van der Waals surface area contributed by atoms with E-state index < -0.39 is 12.0 Å². The molecule has 1 heterocycles. The molecule has 1 saturated heterocycles. The molecule has 1 N–H and O–H groups in total. The van der Waals surface area contributed by atoms with Crippen molar-refractivity contribution in [3.8, 4) is 0 Å². The molecule has 1 aliphatic rings. The van der Waals surface area contributed by atoms with Gasteiger partial charge in [0.15, 0.2) is 0 Å². The number of aliphatic carboxylic acids is 1. The molecule has 1 fully saturated rings. The number of nitrogens with zero attached hydrogens (tertiary/aromatic N) is 2. The Hall–Kier alpha value is -2.37. The maximum absolute atomic E-state index is 13.0. The Morgan fingerprint density at radius 1 is 1.04 bits per heavy atom. The minimum Gasteiger partial charge on any atom is -0.481 e. The largest absolute Gasteiger partial charge is 0.481 e. The fourth-order valence-corrected chi connectivity index (χ4v) is 3.46. The van der Waals surface area contributed by atoms with Gasteiger partial charge in [-0.15, -0.1) is 0 Å². The van der Waals surface area contributed by atoms with Gasteiger partial charge in [0, 0.05) is 31.2 Å². The molecule has 0 aromatic heterocycles. The Labute approximate surface area is 157 Å². The molecule has 1 atom stereocenters. The Morgan fingerprint density at radius 3 is 2.42 bits per heavy atom. The number of benzene rings is 2. The minimum absolute atomic E-state index is 0.158. The van der Waals surface area contributed by atoms with Crippen LogP contribution < -0.4 is 0 Å². The van der Waals surface area contributed by atoms with E-state index in [4.69, 9.17) is 11.6 Å². The molecule has 3 rings (SSSR count). The molecule has 5 nitrogen and oxygen atoms in total. The summed E-state index contributed by atoms with van der Waals surface area (Å²) in [5, 5.41) is 9.88. The topological polar surface area (TPSA) is 60.9 Å². The third-order valence-corrected chi connectivity index (χ3v) is 4.98. The lowest BCUT2D eigenvalue weighted by atomic mass is 10.0. The van der Waals surface area contributed by atoms with E-state index in [0.29, 0.717) is 31.2 Å². The highest BCUT2D eigenvalue weighted by Crippen LogP contribution is 2.22. The van der Waals surface area contributed by atoms with Gasteiger partial charge in [0.2, 0.25) is 5.91 Å². The smallest absolute Gasteiger partial charge is 0.305 e. The second kappa shape index (κ2) is 8.34. The van der Waals surface area contributed by atoms with E-state index in [2.05, 4.69) is 0 Å². The highest BCUT2D eigenvalue weighted by Gasteiger charge is 2.36. The predicted molar refractivity (Wildman–Crippen MR) is 99.8 cm³/mol. The number of hydrogen-bond acceptors (Lipinski definition) is 3. The lowest BCUT2D eigenvalue weighted by molar-refractivity contribution is -0.150. The monoisotopic (exact) mass is 372 g/mol. The first-order chi connectivity index (χ1) is 12.5. The zero-order valence-corrected chi connectivity index (χ0v) is 15.1. The van der Waals surface area contributed by atoms with Crippen LogP contribution in [0.5, 0.6) is 0 Å². The molecule has 1 aliphatic heterocycles. The average Bonchev–Trinajstić information content (AvgIpc) is 2.63. The van der Waals surface area contributed by atoms with Gasteiger partial charge in [0.05, 0.1) is 6.42 Å². The standard InChI is InChI=1S/C20H21ClN2O3/c21-17-9-5-4-8-16(17)14-23-11-10-22(13-15-6-2-1-3-7-15)18(20(23)26)12-19(24)25/h1-9,18H,10-14H2,(H,24,25). The summed E-state index contributed by atoms with van der Waals surface area (Å²) < 4.78 is 0. The van der Waals surface area contributed by atoms with Gasteiger partial charge in [-0.25, -0.2) is 0 Å².